The molecule has 1 heterocycles. The summed E-state index contributed by atoms with van der Waals surface area (Å²) in [6.07, 6.45) is 1.66. The Morgan fingerprint density at radius 3 is 3.13 bits per heavy atom. The number of fused-ring (bicyclic) bond motifs is 1. The summed E-state index contributed by atoms with van der Waals surface area (Å²) in [6, 6.07) is 6.01. The van der Waals surface area contributed by atoms with Crippen LogP contribution >= 0.6 is 8.03 Å². The van der Waals surface area contributed by atoms with Gasteiger partial charge in [0.05, 0.1) is 0 Å². The largest absolute Gasteiger partial charge is 0.595 e. The van der Waals surface area contributed by atoms with Gasteiger partial charge in [-0.05, 0) is 31.4 Å². The van der Waals surface area contributed by atoms with Crippen LogP contribution in [0.25, 0.3) is 0 Å². The molecule has 1 unspecified atom stereocenters. The molecule has 0 radical (unpaired) electrons. The van der Waals surface area contributed by atoms with Crippen LogP contribution in [0.15, 0.2) is 18.2 Å². The van der Waals surface area contributed by atoms with E-state index in [-0.39, 0.29) is 12.3 Å². The van der Waals surface area contributed by atoms with Crippen molar-refractivity contribution in [3.05, 3.63) is 29.3 Å². The highest BCUT2D eigenvalue weighted by Gasteiger charge is 2.23. The Morgan fingerprint density at radius 2 is 2.40 bits per heavy atom. The maximum Gasteiger partial charge on any atom is 0.312 e. The molecule has 0 saturated carbocycles. The highest BCUT2D eigenvalue weighted by atomic mass is 31.1. The van der Waals surface area contributed by atoms with Gasteiger partial charge in [-0.3, -0.25) is 0 Å². The van der Waals surface area contributed by atoms with Crippen LogP contribution in [-0.4, -0.2) is 12.3 Å². The van der Waals surface area contributed by atoms with E-state index in [1.165, 1.54) is 11.1 Å². The smallest absolute Gasteiger partial charge is 0.312 e. The second kappa shape index (κ2) is 4.30. The molecule has 0 aromatic heterocycles. The Balaban J connectivity index is 2.13. The summed E-state index contributed by atoms with van der Waals surface area (Å²) < 4.78 is 16.2. The van der Waals surface area contributed by atoms with Gasteiger partial charge in [0.25, 0.3) is 0 Å². The summed E-state index contributed by atoms with van der Waals surface area (Å²) in [7, 11) is -2.34. The molecule has 0 amide bonds. The fourth-order valence-electron chi connectivity index (χ4n) is 1.87. The minimum Gasteiger partial charge on any atom is -0.595 e. The highest BCUT2D eigenvalue weighted by molar-refractivity contribution is 7.36. The van der Waals surface area contributed by atoms with Gasteiger partial charge >= 0.3 is 8.03 Å². The zero-order valence-corrected chi connectivity index (χ0v) is 9.50. The molecule has 1 aromatic carbocycles. The number of hydrogen-bond acceptors (Lipinski definition) is 3. The second-order valence-corrected chi connectivity index (χ2v) is 4.94. The molecule has 0 saturated heterocycles. The van der Waals surface area contributed by atoms with Crippen molar-refractivity contribution in [3.63, 3.8) is 0 Å². The molecule has 0 aliphatic carbocycles. The number of hydrogen-bond donors (Lipinski definition) is 0. The van der Waals surface area contributed by atoms with Gasteiger partial charge in [0.15, 0.2) is 6.16 Å². The summed E-state index contributed by atoms with van der Waals surface area (Å²) in [5.41, 5.74) is 2.40. The highest BCUT2D eigenvalue weighted by Crippen LogP contribution is 2.30. The van der Waals surface area contributed by atoms with Gasteiger partial charge in [-0.15, -0.1) is 0 Å². The van der Waals surface area contributed by atoms with Gasteiger partial charge in [-0.1, -0.05) is 22.3 Å². The van der Waals surface area contributed by atoms with Crippen LogP contribution in [0.4, 0.5) is 0 Å². The molecule has 1 aliphatic rings. The molecule has 3 nitrogen and oxygen atoms in total. The lowest BCUT2D eigenvalue weighted by atomic mass is 10.0. The van der Waals surface area contributed by atoms with Gasteiger partial charge < -0.3 is 9.63 Å². The topological polar surface area (TPSA) is 49.4 Å². The Labute approximate surface area is 89.9 Å². The quantitative estimate of drug-likeness (QED) is 0.719. The lowest BCUT2D eigenvalue weighted by molar-refractivity contribution is -0.165. The summed E-state index contributed by atoms with van der Waals surface area (Å²) in [5.74, 6) is 0.841. The van der Waals surface area contributed by atoms with E-state index in [1.807, 2.05) is 19.1 Å². The van der Waals surface area contributed by atoms with E-state index >= 15 is 0 Å². The van der Waals surface area contributed by atoms with Crippen molar-refractivity contribution in [2.75, 3.05) is 6.16 Å². The molecule has 1 aliphatic heterocycles. The van der Waals surface area contributed by atoms with E-state index in [4.69, 9.17) is 4.74 Å². The van der Waals surface area contributed by atoms with Crippen LogP contribution in [-0.2, 0) is 11.0 Å². The Morgan fingerprint density at radius 1 is 1.60 bits per heavy atom. The fourth-order valence-corrected chi connectivity index (χ4v) is 2.46. The van der Waals surface area contributed by atoms with Crippen LogP contribution in [0.1, 0.15) is 17.5 Å². The monoisotopic (exact) mass is 224 g/mol. The lowest BCUT2D eigenvalue weighted by Crippen LogP contribution is -2.26. The third-order valence-corrected chi connectivity index (χ3v) is 3.30. The molecule has 0 bridgehead atoms. The number of benzene rings is 1. The molecule has 0 N–H and O–H groups in total. The first kappa shape index (κ1) is 10.6. The normalized spacial score (nSPS) is 20.4. The summed E-state index contributed by atoms with van der Waals surface area (Å²) in [5, 5.41) is 0. The van der Waals surface area contributed by atoms with E-state index in [2.05, 4.69) is 6.07 Å². The Bertz CT molecular complexity index is 389. The zero-order chi connectivity index (χ0) is 10.8. The van der Waals surface area contributed by atoms with Crippen LogP contribution in [0.5, 0.6) is 5.75 Å². The maximum absolute atomic E-state index is 10.6. The predicted octanol–water partition coefficient (Wildman–Crippen LogP) is 1.79. The van der Waals surface area contributed by atoms with Crippen LogP contribution in [0, 0.1) is 6.92 Å². The van der Waals surface area contributed by atoms with Gasteiger partial charge in [-0.25, -0.2) is 0 Å². The van der Waals surface area contributed by atoms with Gasteiger partial charge in [0.1, 0.15) is 11.9 Å². The Kier molecular flexibility index (Phi) is 3.03. The molecule has 0 spiro atoms. The molecule has 1 aromatic rings. The van der Waals surface area contributed by atoms with Crippen molar-refractivity contribution < 1.29 is 14.2 Å². The summed E-state index contributed by atoms with van der Waals surface area (Å²) in [6.45, 7) is 2.04. The molecule has 2 atom stereocenters. The van der Waals surface area contributed by atoms with E-state index < -0.39 is 8.03 Å². The number of ether oxygens (including phenoxy) is 1. The first-order chi connectivity index (χ1) is 7.15. The zero-order valence-electron chi connectivity index (χ0n) is 8.60. The summed E-state index contributed by atoms with van der Waals surface area (Å²) >= 11 is 0. The van der Waals surface area contributed by atoms with E-state index in [0.29, 0.717) is 0 Å². The molecular weight excluding hydrogens is 211 g/mol. The third kappa shape index (κ3) is 2.55. The van der Waals surface area contributed by atoms with Gasteiger partial charge in [0, 0.05) is 0 Å². The minimum atomic E-state index is -2.34. The maximum atomic E-state index is 10.6. The van der Waals surface area contributed by atoms with E-state index in [9.17, 15) is 9.46 Å². The van der Waals surface area contributed by atoms with E-state index in [1.54, 1.807) is 0 Å². The lowest BCUT2D eigenvalue weighted by Gasteiger charge is -2.23. The average molecular weight is 224 g/mol. The van der Waals surface area contributed by atoms with Crippen LogP contribution < -0.4 is 9.63 Å². The van der Waals surface area contributed by atoms with Crippen molar-refractivity contribution in [3.8, 4) is 5.75 Å². The Hall–Kier alpha value is -0.920. The standard InChI is InChI=1S/C11H13O3P/c1-8-2-5-11-9(6-8)3-4-10(14-11)7-15(12)13/h2,5-6,10H,3-4,7H2,1H3/t10-/m0/s1. The second-order valence-electron chi connectivity index (χ2n) is 3.91. The van der Waals surface area contributed by atoms with Crippen molar-refractivity contribution in [1.82, 2.24) is 0 Å². The van der Waals surface area contributed by atoms with Crippen molar-refractivity contribution in [2.45, 2.75) is 25.9 Å². The number of rotatable bonds is 2. The molecule has 15 heavy (non-hydrogen) atoms. The first-order valence-corrected chi connectivity index (χ1v) is 6.39. The molecular formula is C11H13O3P. The first-order valence-electron chi connectivity index (χ1n) is 5.03. The minimum absolute atomic E-state index is 0.128. The van der Waals surface area contributed by atoms with Crippen molar-refractivity contribution in [1.29, 1.82) is 0 Å². The third-order valence-electron chi connectivity index (χ3n) is 2.60. The molecule has 0 fully saturated rings. The molecule has 80 valence electrons. The van der Waals surface area contributed by atoms with Crippen molar-refractivity contribution >= 4 is 8.03 Å². The van der Waals surface area contributed by atoms with Gasteiger partial charge in [-0.2, -0.15) is 0 Å². The predicted molar refractivity (Wildman–Crippen MR) is 56.4 cm³/mol. The number of aryl methyl sites for hydroxylation is 2. The molecule has 2 rings (SSSR count). The SMILES string of the molecule is Cc1ccc2c(c1)CC[C@@H](C[P+](=O)[O-])O2. The summed E-state index contributed by atoms with van der Waals surface area (Å²) in [4.78, 5) is 10.6. The molecule has 4 heteroatoms. The van der Waals surface area contributed by atoms with E-state index in [0.717, 1.165) is 18.6 Å². The average Bonchev–Trinajstić information content (AvgIpc) is 2.17. The van der Waals surface area contributed by atoms with Crippen LogP contribution in [0.2, 0.25) is 0 Å². The van der Waals surface area contributed by atoms with Crippen molar-refractivity contribution in [2.24, 2.45) is 0 Å². The van der Waals surface area contributed by atoms with Gasteiger partial charge in [0.2, 0.25) is 0 Å². The van der Waals surface area contributed by atoms with Crippen LogP contribution in [0.3, 0.4) is 0 Å². The fraction of sp³-hybridized carbons (Fsp3) is 0.455.